The van der Waals surface area contributed by atoms with E-state index in [1.807, 2.05) is 0 Å². The highest BCUT2D eigenvalue weighted by molar-refractivity contribution is 5.68. The molecule has 1 saturated heterocycles. The van der Waals surface area contributed by atoms with Crippen molar-refractivity contribution in [3.63, 3.8) is 0 Å². The molecular weight excluding hydrogens is 406 g/mol. The molecule has 0 aromatic rings. The summed E-state index contributed by atoms with van der Waals surface area (Å²) in [6.45, 7) is 4.89. The van der Waals surface area contributed by atoms with Gasteiger partial charge in [0.25, 0.3) is 0 Å². The van der Waals surface area contributed by atoms with Gasteiger partial charge < -0.3 is 33.2 Å². The maximum absolute atomic E-state index is 11.5. The van der Waals surface area contributed by atoms with Crippen LogP contribution in [0.1, 0.15) is 20.8 Å². The van der Waals surface area contributed by atoms with Gasteiger partial charge in [0.05, 0.1) is 39.6 Å². The van der Waals surface area contributed by atoms with E-state index in [1.165, 1.54) is 20.8 Å². The van der Waals surface area contributed by atoms with Crippen LogP contribution in [0.15, 0.2) is 5.11 Å². The lowest BCUT2D eigenvalue weighted by molar-refractivity contribution is -0.282. The molecule has 1 heterocycles. The average Bonchev–Trinajstić information content (AvgIpc) is 2.66. The van der Waals surface area contributed by atoms with Crippen LogP contribution in [0.4, 0.5) is 0 Å². The van der Waals surface area contributed by atoms with E-state index in [-0.39, 0.29) is 26.4 Å². The zero-order valence-electron chi connectivity index (χ0n) is 17.2. The molecule has 1 rings (SSSR count). The first-order valence-corrected chi connectivity index (χ1v) is 9.26. The molecule has 13 heteroatoms. The molecule has 0 aromatic heterocycles. The highest BCUT2D eigenvalue weighted by Crippen LogP contribution is 2.25. The fraction of sp³-hybridized carbons (Fsp3) is 0.824. The summed E-state index contributed by atoms with van der Waals surface area (Å²) in [5, 5.41) is 3.33. The number of nitrogens with zero attached hydrogens (tertiary/aromatic N) is 3. The van der Waals surface area contributed by atoms with Gasteiger partial charge in [-0.05, 0) is 5.53 Å². The van der Waals surface area contributed by atoms with E-state index >= 15 is 0 Å². The second kappa shape index (κ2) is 14.5. The van der Waals surface area contributed by atoms with Crippen LogP contribution in [0.2, 0.25) is 0 Å². The van der Waals surface area contributed by atoms with E-state index in [4.69, 9.17) is 38.7 Å². The molecule has 0 unspecified atom stereocenters. The third kappa shape index (κ3) is 10.4. The number of hydrogen-bond acceptors (Lipinski definition) is 11. The quantitative estimate of drug-likeness (QED) is 0.0997. The zero-order valence-corrected chi connectivity index (χ0v) is 17.2. The minimum atomic E-state index is -1.13. The molecule has 4 atom stereocenters. The summed E-state index contributed by atoms with van der Waals surface area (Å²) in [6.07, 6.45) is -4.21. The van der Waals surface area contributed by atoms with Crippen molar-refractivity contribution in [2.24, 2.45) is 5.11 Å². The number of hydrogen-bond donors (Lipinski definition) is 0. The standard InChI is InChI=1S/C17H27N3O10/c1-11(21)28-14-10-27-17(16(30-13(3)23)15(14)29-12(2)22)26-9-8-25-7-6-24-5-4-19-20-18/h14-17H,4-10H2,1-3H3/t14-,15+,16+,17+/m1/s1. The smallest absolute Gasteiger partial charge is 0.303 e. The van der Waals surface area contributed by atoms with Gasteiger partial charge in [0, 0.05) is 32.2 Å². The van der Waals surface area contributed by atoms with Crippen molar-refractivity contribution in [1.29, 1.82) is 0 Å². The monoisotopic (exact) mass is 433 g/mol. The van der Waals surface area contributed by atoms with Crippen molar-refractivity contribution in [2.45, 2.75) is 45.4 Å². The van der Waals surface area contributed by atoms with Gasteiger partial charge in [-0.1, -0.05) is 5.11 Å². The Bertz CT molecular complexity index is 611. The van der Waals surface area contributed by atoms with Crippen molar-refractivity contribution in [3.8, 4) is 0 Å². The van der Waals surface area contributed by atoms with Crippen molar-refractivity contribution >= 4 is 17.9 Å². The topological polar surface area (TPSA) is 165 Å². The maximum Gasteiger partial charge on any atom is 0.303 e. The molecule has 0 spiro atoms. The van der Waals surface area contributed by atoms with Crippen LogP contribution in [0.25, 0.3) is 10.4 Å². The molecule has 170 valence electrons. The van der Waals surface area contributed by atoms with E-state index in [1.54, 1.807) is 0 Å². The molecule has 1 aliphatic rings. The summed E-state index contributed by atoms with van der Waals surface area (Å²) in [5.41, 5.74) is 8.13. The number of azide groups is 1. The minimum Gasteiger partial charge on any atom is -0.456 e. The first kappa shape index (κ1) is 25.6. The van der Waals surface area contributed by atoms with Crippen molar-refractivity contribution in [3.05, 3.63) is 10.4 Å². The van der Waals surface area contributed by atoms with Gasteiger partial charge in [0.2, 0.25) is 0 Å². The first-order chi connectivity index (χ1) is 14.3. The number of carbonyl (C=O) groups is 3. The third-order valence-corrected chi connectivity index (χ3v) is 3.59. The minimum absolute atomic E-state index is 0.0895. The zero-order chi connectivity index (χ0) is 22.4. The van der Waals surface area contributed by atoms with Crippen molar-refractivity contribution < 1.29 is 47.5 Å². The SMILES string of the molecule is CC(=O)O[C@@H]1[C@@H](OCCOCCOCCN=[N+]=[N-])OC[C@@H](OC(C)=O)[C@@H]1OC(C)=O. The molecule has 0 bridgehead atoms. The summed E-state index contributed by atoms with van der Waals surface area (Å²) in [5.74, 6) is -1.89. The fourth-order valence-corrected chi connectivity index (χ4v) is 2.55. The molecule has 0 N–H and O–H groups in total. The number of ether oxygens (including phenoxy) is 7. The number of esters is 3. The predicted octanol–water partition coefficient (Wildman–Crippen LogP) is 0.498. The van der Waals surface area contributed by atoms with E-state index in [2.05, 4.69) is 10.0 Å². The van der Waals surface area contributed by atoms with Crippen LogP contribution in [0.5, 0.6) is 0 Å². The van der Waals surface area contributed by atoms with Crippen LogP contribution >= 0.6 is 0 Å². The van der Waals surface area contributed by atoms with Crippen molar-refractivity contribution in [1.82, 2.24) is 0 Å². The molecular formula is C17H27N3O10. The lowest BCUT2D eigenvalue weighted by Crippen LogP contribution is -2.58. The Labute approximate surface area is 173 Å². The van der Waals surface area contributed by atoms with Crippen molar-refractivity contribution in [2.75, 3.05) is 46.2 Å². The maximum atomic E-state index is 11.5. The van der Waals surface area contributed by atoms with Crippen LogP contribution in [-0.4, -0.2) is 88.7 Å². The van der Waals surface area contributed by atoms with Gasteiger partial charge >= 0.3 is 17.9 Å². The Morgan fingerprint density at radius 3 is 2.07 bits per heavy atom. The molecule has 0 radical (unpaired) electrons. The Morgan fingerprint density at radius 1 is 0.900 bits per heavy atom. The molecule has 0 saturated carbocycles. The molecule has 1 fully saturated rings. The van der Waals surface area contributed by atoms with Gasteiger partial charge in [-0.3, -0.25) is 14.4 Å². The Balaban J connectivity index is 2.52. The van der Waals surface area contributed by atoms with E-state index in [9.17, 15) is 14.4 Å². The Hall–Kier alpha value is -2.44. The molecule has 1 aliphatic heterocycles. The van der Waals surface area contributed by atoms with Gasteiger partial charge in [0.15, 0.2) is 24.6 Å². The normalized spacial score (nSPS) is 23.2. The summed E-state index contributed by atoms with van der Waals surface area (Å²) >= 11 is 0. The highest BCUT2D eigenvalue weighted by Gasteiger charge is 2.47. The molecule has 30 heavy (non-hydrogen) atoms. The van der Waals surface area contributed by atoms with E-state index in [0.29, 0.717) is 19.8 Å². The predicted molar refractivity (Wildman–Crippen MR) is 98.0 cm³/mol. The summed E-state index contributed by atoms with van der Waals surface area (Å²) in [4.78, 5) is 36.9. The van der Waals surface area contributed by atoms with Gasteiger partial charge in [-0.25, -0.2) is 0 Å². The second-order valence-corrected chi connectivity index (χ2v) is 6.05. The van der Waals surface area contributed by atoms with Gasteiger partial charge in [-0.15, -0.1) is 0 Å². The largest absolute Gasteiger partial charge is 0.456 e. The first-order valence-electron chi connectivity index (χ1n) is 9.26. The Kier molecular flexibility index (Phi) is 12.4. The van der Waals surface area contributed by atoms with E-state index in [0.717, 1.165) is 0 Å². The summed E-state index contributed by atoms with van der Waals surface area (Å²) in [6, 6.07) is 0. The summed E-state index contributed by atoms with van der Waals surface area (Å²) in [7, 11) is 0. The lowest BCUT2D eigenvalue weighted by Gasteiger charge is -2.40. The van der Waals surface area contributed by atoms with Gasteiger partial charge in [-0.2, -0.15) is 0 Å². The van der Waals surface area contributed by atoms with Crippen LogP contribution in [-0.2, 0) is 47.5 Å². The fourth-order valence-electron chi connectivity index (χ4n) is 2.55. The Morgan fingerprint density at radius 2 is 1.47 bits per heavy atom. The van der Waals surface area contributed by atoms with Crippen LogP contribution < -0.4 is 0 Å². The number of carbonyl (C=O) groups excluding carboxylic acids is 3. The van der Waals surface area contributed by atoms with Crippen LogP contribution in [0, 0.1) is 0 Å². The molecule has 0 aromatic carbocycles. The summed E-state index contributed by atoms with van der Waals surface area (Å²) < 4.78 is 37.2. The molecule has 13 nitrogen and oxygen atoms in total. The van der Waals surface area contributed by atoms with E-state index < -0.39 is 42.5 Å². The lowest BCUT2D eigenvalue weighted by atomic mass is 10.0. The average molecular weight is 433 g/mol. The second-order valence-electron chi connectivity index (χ2n) is 6.05. The van der Waals surface area contributed by atoms with Crippen LogP contribution in [0.3, 0.4) is 0 Å². The molecule has 0 amide bonds. The highest BCUT2D eigenvalue weighted by atomic mass is 16.7. The molecule has 0 aliphatic carbocycles. The number of rotatable bonds is 13. The van der Waals surface area contributed by atoms with Gasteiger partial charge in [0.1, 0.15) is 0 Å². The third-order valence-electron chi connectivity index (χ3n) is 3.59.